The lowest BCUT2D eigenvalue weighted by Gasteiger charge is -2.26. The Morgan fingerprint density at radius 2 is 2.00 bits per heavy atom. The van der Waals surface area contributed by atoms with E-state index < -0.39 is 0 Å². The number of halogens is 1. The summed E-state index contributed by atoms with van der Waals surface area (Å²) in [6, 6.07) is 9.34. The van der Waals surface area contributed by atoms with Crippen molar-refractivity contribution >= 4 is 38.8 Å². The van der Waals surface area contributed by atoms with E-state index in [2.05, 4.69) is 54.8 Å². The Hall–Kier alpha value is -3.88. The van der Waals surface area contributed by atoms with Crippen molar-refractivity contribution in [2.45, 2.75) is 26.2 Å². The average Bonchev–Trinajstić information content (AvgIpc) is 3.68. The van der Waals surface area contributed by atoms with Gasteiger partial charge in [-0.3, -0.25) is 15.0 Å². The third-order valence-corrected chi connectivity index (χ3v) is 8.02. The molecule has 0 aliphatic carbocycles. The van der Waals surface area contributed by atoms with Gasteiger partial charge in [0.15, 0.2) is 10.8 Å². The molecule has 0 unspecified atom stereocenters. The molecule has 6 rings (SSSR count). The van der Waals surface area contributed by atoms with E-state index in [0.29, 0.717) is 5.65 Å². The average molecular weight is 525 g/mol. The van der Waals surface area contributed by atoms with Crippen LogP contribution in [-0.2, 0) is 0 Å². The first-order valence-corrected chi connectivity index (χ1v) is 13.7. The molecule has 0 saturated carbocycles. The van der Waals surface area contributed by atoms with Crippen molar-refractivity contribution < 1.29 is 4.39 Å². The first-order chi connectivity index (χ1) is 18.6. The van der Waals surface area contributed by atoms with E-state index in [9.17, 15) is 4.39 Å². The normalized spacial score (nSPS) is 15.5. The maximum Gasteiger partial charge on any atom is 0.181 e. The van der Waals surface area contributed by atoms with Crippen molar-refractivity contribution in [2.24, 2.45) is 0 Å². The lowest BCUT2D eigenvalue weighted by molar-refractivity contribution is 0.248. The summed E-state index contributed by atoms with van der Waals surface area (Å²) in [7, 11) is 0. The van der Waals surface area contributed by atoms with Crippen molar-refractivity contribution in [2.75, 3.05) is 19.6 Å². The fourth-order valence-corrected chi connectivity index (χ4v) is 5.91. The molecule has 2 N–H and O–H groups in total. The van der Waals surface area contributed by atoms with E-state index in [1.54, 1.807) is 12.3 Å². The van der Waals surface area contributed by atoms with Crippen LogP contribution >= 0.6 is 11.3 Å². The Labute approximate surface area is 224 Å². The predicted molar refractivity (Wildman–Crippen MR) is 154 cm³/mol. The maximum absolute atomic E-state index is 13.7. The molecule has 0 bridgehead atoms. The van der Waals surface area contributed by atoms with Crippen LogP contribution in [0.3, 0.4) is 0 Å². The molecule has 0 aromatic carbocycles. The number of rotatable bonds is 7. The summed E-state index contributed by atoms with van der Waals surface area (Å²) < 4.78 is 13.7. The Morgan fingerprint density at radius 3 is 2.76 bits per heavy atom. The minimum atomic E-state index is -0.225. The molecule has 5 aromatic heterocycles. The number of thiophene rings is 1. The van der Waals surface area contributed by atoms with E-state index in [1.165, 1.54) is 30.9 Å². The molecule has 1 fully saturated rings. The first kappa shape index (κ1) is 24.5. The molecule has 0 amide bonds. The van der Waals surface area contributed by atoms with Crippen LogP contribution in [0, 0.1) is 5.13 Å². The van der Waals surface area contributed by atoms with Gasteiger partial charge in [0.25, 0.3) is 0 Å². The van der Waals surface area contributed by atoms with E-state index in [1.807, 2.05) is 31.3 Å². The van der Waals surface area contributed by atoms with E-state index in [-0.39, 0.29) is 5.13 Å². The fourth-order valence-electron chi connectivity index (χ4n) is 5.17. The smallest absolute Gasteiger partial charge is 0.181 e. The number of aromatic amines is 2. The molecule has 5 aromatic rings. The second-order valence-corrected chi connectivity index (χ2v) is 10.6. The second kappa shape index (κ2) is 10.5. The van der Waals surface area contributed by atoms with Gasteiger partial charge >= 0.3 is 0 Å². The zero-order valence-corrected chi connectivity index (χ0v) is 22.1. The van der Waals surface area contributed by atoms with Gasteiger partial charge in [-0.2, -0.15) is 9.49 Å². The summed E-state index contributed by atoms with van der Waals surface area (Å²) in [5.41, 5.74) is 7.39. The van der Waals surface area contributed by atoms with Crippen LogP contribution in [0.15, 0.2) is 73.1 Å². The topological polar surface area (TPSA) is 73.5 Å². The maximum atomic E-state index is 13.7. The number of fused-ring (bicyclic) bond motifs is 2. The number of nitrogens with zero attached hydrogens (tertiary/aromatic N) is 4. The molecule has 0 atom stereocenters. The number of pyridine rings is 2. The van der Waals surface area contributed by atoms with E-state index in [0.717, 1.165) is 80.4 Å². The highest BCUT2D eigenvalue weighted by Crippen LogP contribution is 2.35. The number of hydrogen-bond acceptors (Lipinski definition) is 5. The number of hydrogen-bond donors (Lipinski definition) is 2. The fraction of sp³-hybridized carbons (Fsp3) is 0.233. The van der Waals surface area contributed by atoms with Crippen LogP contribution in [0.5, 0.6) is 0 Å². The van der Waals surface area contributed by atoms with Crippen molar-refractivity contribution in [1.29, 1.82) is 0 Å². The monoisotopic (exact) mass is 524 g/mol. The van der Waals surface area contributed by atoms with Gasteiger partial charge in [0, 0.05) is 40.8 Å². The van der Waals surface area contributed by atoms with Gasteiger partial charge in [-0.05, 0) is 74.3 Å². The molecule has 192 valence electrons. The number of H-pyrrole nitrogens is 2. The number of piperidine rings is 1. The Kier molecular flexibility index (Phi) is 6.74. The van der Waals surface area contributed by atoms with Crippen molar-refractivity contribution in [3.05, 3.63) is 83.8 Å². The number of nitrogens with one attached hydrogen (secondary N) is 2. The molecule has 8 heteroatoms. The summed E-state index contributed by atoms with van der Waals surface area (Å²) in [5, 5.41) is 9.25. The van der Waals surface area contributed by atoms with Gasteiger partial charge < -0.3 is 4.98 Å². The molecule has 1 saturated heterocycles. The summed E-state index contributed by atoms with van der Waals surface area (Å²) in [4.78, 5) is 16.0. The van der Waals surface area contributed by atoms with Gasteiger partial charge in [0.1, 0.15) is 0 Å². The highest BCUT2D eigenvalue weighted by atomic mass is 32.1. The van der Waals surface area contributed by atoms with Crippen LogP contribution in [0.25, 0.3) is 49.5 Å². The summed E-state index contributed by atoms with van der Waals surface area (Å²) in [6.07, 6.45) is 13.8. The van der Waals surface area contributed by atoms with Gasteiger partial charge in [0.05, 0.1) is 22.0 Å². The summed E-state index contributed by atoms with van der Waals surface area (Å²) in [5.74, 6) is 0. The number of aromatic nitrogens is 5. The van der Waals surface area contributed by atoms with E-state index in [4.69, 9.17) is 0 Å². The van der Waals surface area contributed by atoms with Crippen molar-refractivity contribution in [3.63, 3.8) is 0 Å². The van der Waals surface area contributed by atoms with Crippen LogP contribution in [-0.4, -0.2) is 49.7 Å². The lowest BCUT2D eigenvalue weighted by Crippen LogP contribution is -2.31. The molecule has 0 spiro atoms. The van der Waals surface area contributed by atoms with E-state index >= 15 is 0 Å². The molecule has 0 radical (unpaired) electrons. The SMILES string of the molecule is C=C/C(=C\C(=C/C)c1cnc2n[nH]c(-c3cc4c(-c5ccc(F)s5)nccc4[nH]3)c2c1)CN1CCCCC1. The van der Waals surface area contributed by atoms with Crippen molar-refractivity contribution in [3.8, 4) is 22.0 Å². The molecule has 6 heterocycles. The zero-order chi connectivity index (χ0) is 26.1. The summed E-state index contributed by atoms with van der Waals surface area (Å²) in [6.45, 7) is 9.32. The lowest BCUT2D eigenvalue weighted by atomic mass is 10.0. The highest BCUT2D eigenvalue weighted by molar-refractivity contribution is 7.13. The van der Waals surface area contributed by atoms with Gasteiger partial charge in [-0.1, -0.05) is 31.2 Å². The highest BCUT2D eigenvalue weighted by Gasteiger charge is 2.17. The summed E-state index contributed by atoms with van der Waals surface area (Å²) >= 11 is 1.10. The Balaban J connectivity index is 1.36. The third-order valence-electron chi connectivity index (χ3n) is 7.14. The molecular formula is C30H29FN6S. The van der Waals surface area contributed by atoms with Crippen LogP contribution < -0.4 is 0 Å². The van der Waals surface area contributed by atoms with Crippen LogP contribution in [0.4, 0.5) is 4.39 Å². The largest absolute Gasteiger partial charge is 0.353 e. The number of allylic oxidation sites excluding steroid dienone is 3. The van der Waals surface area contributed by atoms with Crippen LogP contribution in [0.2, 0.25) is 0 Å². The minimum Gasteiger partial charge on any atom is -0.353 e. The zero-order valence-electron chi connectivity index (χ0n) is 21.3. The predicted octanol–water partition coefficient (Wildman–Crippen LogP) is 7.37. The number of likely N-dealkylation sites (tertiary alicyclic amines) is 1. The van der Waals surface area contributed by atoms with Crippen molar-refractivity contribution in [1.82, 2.24) is 30.0 Å². The second-order valence-electron chi connectivity index (χ2n) is 9.61. The molecule has 38 heavy (non-hydrogen) atoms. The van der Waals surface area contributed by atoms with Gasteiger partial charge in [-0.25, -0.2) is 4.98 Å². The quantitative estimate of drug-likeness (QED) is 0.218. The molecule has 1 aliphatic rings. The first-order valence-electron chi connectivity index (χ1n) is 12.9. The Morgan fingerprint density at radius 1 is 1.13 bits per heavy atom. The van der Waals surface area contributed by atoms with Crippen LogP contribution in [0.1, 0.15) is 31.7 Å². The standard InChI is InChI=1S/C30H29FN6S/c1-3-19(18-37-12-6-5-7-13-37)14-20(4-2)21-15-23-28(35-36-30(23)33-17-21)25-16-22-24(34-25)10-11-32-29(22)26-8-9-27(31)38-26/h3-4,8-11,14-17,34H,1,5-7,12-13,18H2,2H3,(H,33,35,36)/b19-14+,20-4+. The molecule has 6 nitrogen and oxygen atoms in total. The molecule has 1 aliphatic heterocycles. The minimum absolute atomic E-state index is 0.225. The van der Waals surface area contributed by atoms with Gasteiger partial charge in [-0.15, -0.1) is 11.3 Å². The Bertz CT molecular complexity index is 1680. The molecular weight excluding hydrogens is 495 g/mol. The third kappa shape index (κ3) is 4.73. The van der Waals surface area contributed by atoms with Gasteiger partial charge in [0.2, 0.25) is 0 Å².